The van der Waals surface area contributed by atoms with Gasteiger partial charge in [0.25, 0.3) is 5.91 Å². The summed E-state index contributed by atoms with van der Waals surface area (Å²) in [7, 11) is 0. The average Bonchev–Trinajstić information content (AvgIpc) is 2.46. The zero-order valence-corrected chi connectivity index (χ0v) is 14.1. The van der Waals surface area contributed by atoms with E-state index in [9.17, 15) is 4.79 Å². The number of benzene rings is 2. The summed E-state index contributed by atoms with van der Waals surface area (Å²) in [6.45, 7) is 10.8. The van der Waals surface area contributed by atoms with E-state index in [1.165, 1.54) is 11.1 Å². The van der Waals surface area contributed by atoms with Crippen molar-refractivity contribution in [1.82, 2.24) is 0 Å². The number of hydrogen-bond acceptors (Lipinski definition) is 1. The molecule has 0 bridgehead atoms. The van der Waals surface area contributed by atoms with E-state index in [0.717, 1.165) is 5.69 Å². The molecule has 0 radical (unpaired) electrons. The predicted octanol–water partition coefficient (Wildman–Crippen LogP) is 5.36. The maximum atomic E-state index is 12.3. The minimum absolute atomic E-state index is 0.0682. The van der Waals surface area contributed by atoms with E-state index >= 15 is 0 Å². The van der Waals surface area contributed by atoms with E-state index < -0.39 is 0 Å². The molecule has 2 aromatic carbocycles. The molecular formula is C20H25NO. The number of amides is 1. The highest BCUT2D eigenvalue weighted by Crippen LogP contribution is 2.23. The molecule has 0 aliphatic carbocycles. The fraction of sp³-hybridized carbons (Fsp3) is 0.350. The summed E-state index contributed by atoms with van der Waals surface area (Å²) < 4.78 is 0. The van der Waals surface area contributed by atoms with Gasteiger partial charge >= 0.3 is 0 Å². The van der Waals surface area contributed by atoms with Crippen molar-refractivity contribution in [3.63, 3.8) is 0 Å². The van der Waals surface area contributed by atoms with E-state index in [4.69, 9.17) is 0 Å². The van der Waals surface area contributed by atoms with Crippen LogP contribution in [0.3, 0.4) is 0 Å². The Hall–Kier alpha value is -2.09. The first-order valence-electron chi connectivity index (χ1n) is 7.79. The van der Waals surface area contributed by atoms with E-state index in [2.05, 4.69) is 46.0 Å². The van der Waals surface area contributed by atoms with Gasteiger partial charge in [0.1, 0.15) is 0 Å². The lowest BCUT2D eigenvalue weighted by molar-refractivity contribution is 0.102. The Morgan fingerprint density at radius 2 is 1.64 bits per heavy atom. The van der Waals surface area contributed by atoms with Gasteiger partial charge in [-0.15, -0.1) is 0 Å². The Bertz CT molecular complexity index is 648. The van der Waals surface area contributed by atoms with Crippen LogP contribution in [-0.2, 0) is 5.41 Å². The summed E-state index contributed by atoms with van der Waals surface area (Å²) >= 11 is 0. The maximum Gasteiger partial charge on any atom is 0.255 e. The molecule has 0 aliphatic rings. The van der Waals surface area contributed by atoms with Crippen molar-refractivity contribution in [2.45, 2.75) is 46.0 Å². The van der Waals surface area contributed by atoms with Gasteiger partial charge in [-0.2, -0.15) is 0 Å². The minimum atomic E-state index is -0.0682. The minimum Gasteiger partial charge on any atom is -0.322 e. The molecule has 0 unspecified atom stereocenters. The van der Waals surface area contributed by atoms with Crippen LogP contribution in [0.15, 0.2) is 48.5 Å². The molecular weight excluding hydrogens is 270 g/mol. The van der Waals surface area contributed by atoms with Crippen molar-refractivity contribution in [2.75, 3.05) is 5.32 Å². The number of anilines is 1. The number of rotatable bonds is 3. The first-order chi connectivity index (χ1) is 10.3. The van der Waals surface area contributed by atoms with Gasteiger partial charge in [0.05, 0.1) is 0 Å². The lowest BCUT2D eigenvalue weighted by Crippen LogP contribution is -2.14. The molecule has 116 valence electrons. The van der Waals surface area contributed by atoms with Crippen molar-refractivity contribution in [2.24, 2.45) is 0 Å². The van der Waals surface area contributed by atoms with Crippen LogP contribution < -0.4 is 5.32 Å². The van der Waals surface area contributed by atoms with E-state index in [1.807, 2.05) is 42.5 Å². The van der Waals surface area contributed by atoms with Crippen molar-refractivity contribution in [3.8, 4) is 0 Å². The monoisotopic (exact) mass is 295 g/mol. The summed E-state index contributed by atoms with van der Waals surface area (Å²) in [6.07, 6.45) is 0. The average molecular weight is 295 g/mol. The molecule has 0 heterocycles. The van der Waals surface area contributed by atoms with Crippen LogP contribution in [0.1, 0.15) is 62.0 Å². The summed E-state index contributed by atoms with van der Waals surface area (Å²) in [5.41, 5.74) is 4.08. The second kappa shape index (κ2) is 6.35. The molecule has 0 saturated carbocycles. The number of carbonyl (C=O) groups excluding carboxylic acids is 1. The number of hydrogen-bond donors (Lipinski definition) is 1. The fourth-order valence-corrected chi connectivity index (χ4v) is 2.30. The molecule has 0 saturated heterocycles. The standard InChI is InChI=1S/C20H25NO/c1-14(2)16-7-6-8-18(13-16)21-19(22)15-9-11-17(12-10-15)20(3,4)5/h6-14H,1-5H3,(H,21,22). The highest BCUT2D eigenvalue weighted by Gasteiger charge is 2.14. The molecule has 0 aliphatic heterocycles. The van der Waals surface area contributed by atoms with Crippen molar-refractivity contribution in [1.29, 1.82) is 0 Å². The van der Waals surface area contributed by atoms with Gasteiger partial charge in [0, 0.05) is 11.3 Å². The van der Waals surface area contributed by atoms with Gasteiger partial charge in [0.2, 0.25) is 0 Å². The molecule has 1 N–H and O–H groups in total. The van der Waals surface area contributed by atoms with Crippen LogP contribution in [0.25, 0.3) is 0 Å². The summed E-state index contributed by atoms with van der Waals surface area (Å²) in [4.78, 5) is 12.3. The summed E-state index contributed by atoms with van der Waals surface area (Å²) in [6, 6.07) is 15.9. The predicted molar refractivity (Wildman–Crippen MR) is 93.6 cm³/mol. The van der Waals surface area contributed by atoms with Gasteiger partial charge in [-0.25, -0.2) is 0 Å². The number of nitrogens with one attached hydrogen (secondary N) is 1. The molecule has 22 heavy (non-hydrogen) atoms. The highest BCUT2D eigenvalue weighted by atomic mass is 16.1. The van der Waals surface area contributed by atoms with Crippen LogP contribution in [0.5, 0.6) is 0 Å². The van der Waals surface area contributed by atoms with Gasteiger partial charge in [-0.1, -0.05) is 58.9 Å². The maximum absolute atomic E-state index is 12.3. The molecule has 2 heteroatoms. The second-order valence-electron chi connectivity index (χ2n) is 7.06. The van der Waals surface area contributed by atoms with Gasteiger partial charge in [0.15, 0.2) is 0 Å². The van der Waals surface area contributed by atoms with Crippen LogP contribution in [-0.4, -0.2) is 5.91 Å². The van der Waals surface area contributed by atoms with E-state index in [-0.39, 0.29) is 11.3 Å². The fourth-order valence-electron chi connectivity index (χ4n) is 2.30. The Morgan fingerprint density at radius 1 is 1.00 bits per heavy atom. The first-order valence-corrected chi connectivity index (χ1v) is 7.79. The quantitative estimate of drug-likeness (QED) is 0.811. The third-order valence-corrected chi connectivity index (χ3v) is 3.82. The zero-order valence-electron chi connectivity index (χ0n) is 14.1. The summed E-state index contributed by atoms with van der Waals surface area (Å²) in [5, 5.41) is 2.97. The Labute approximate surface area is 133 Å². The normalized spacial score (nSPS) is 11.5. The largest absolute Gasteiger partial charge is 0.322 e. The van der Waals surface area contributed by atoms with Crippen molar-refractivity contribution >= 4 is 11.6 Å². The zero-order chi connectivity index (χ0) is 16.3. The highest BCUT2D eigenvalue weighted by molar-refractivity contribution is 6.04. The van der Waals surface area contributed by atoms with Crippen molar-refractivity contribution in [3.05, 3.63) is 65.2 Å². The molecule has 1 amide bonds. The first kappa shape index (κ1) is 16.3. The lowest BCUT2D eigenvalue weighted by atomic mass is 9.87. The third kappa shape index (κ3) is 3.97. The molecule has 2 rings (SSSR count). The van der Waals surface area contributed by atoms with Crippen LogP contribution in [0.4, 0.5) is 5.69 Å². The van der Waals surface area contributed by atoms with Gasteiger partial charge in [-0.3, -0.25) is 4.79 Å². The molecule has 0 spiro atoms. The SMILES string of the molecule is CC(C)c1cccc(NC(=O)c2ccc(C(C)(C)C)cc2)c1. The second-order valence-corrected chi connectivity index (χ2v) is 7.06. The Morgan fingerprint density at radius 3 is 2.18 bits per heavy atom. The van der Waals surface area contributed by atoms with E-state index in [0.29, 0.717) is 11.5 Å². The van der Waals surface area contributed by atoms with Gasteiger partial charge < -0.3 is 5.32 Å². The molecule has 0 aromatic heterocycles. The molecule has 0 fully saturated rings. The Kier molecular flexibility index (Phi) is 4.70. The number of carbonyl (C=O) groups is 1. The summed E-state index contributed by atoms with van der Waals surface area (Å²) in [5.74, 6) is 0.379. The van der Waals surface area contributed by atoms with Crippen LogP contribution >= 0.6 is 0 Å². The van der Waals surface area contributed by atoms with E-state index in [1.54, 1.807) is 0 Å². The molecule has 2 aromatic rings. The smallest absolute Gasteiger partial charge is 0.255 e. The lowest BCUT2D eigenvalue weighted by Gasteiger charge is -2.19. The Balaban J connectivity index is 2.14. The van der Waals surface area contributed by atoms with Crippen LogP contribution in [0, 0.1) is 0 Å². The van der Waals surface area contributed by atoms with Crippen molar-refractivity contribution < 1.29 is 4.79 Å². The third-order valence-electron chi connectivity index (χ3n) is 3.82. The van der Waals surface area contributed by atoms with Gasteiger partial charge in [-0.05, 0) is 46.7 Å². The van der Waals surface area contributed by atoms with Crippen LogP contribution in [0.2, 0.25) is 0 Å². The topological polar surface area (TPSA) is 29.1 Å². The molecule has 2 nitrogen and oxygen atoms in total. The molecule has 0 atom stereocenters.